The lowest BCUT2D eigenvalue weighted by Gasteiger charge is -2.29. The monoisotopic (exact) mass is 414 g/mol. The van der Waals surface area contributed by atoms with Crippen LogP contribution in [0.2, 0.25) is 5.02 Å². The minimum absolute atomic E-state index is 0.0513. The number of rotatable bonds is 10. The summed E-state index contributed by atoms with van der Waals surface area (Å²) in [4.78, 5) is 27.4. The molecule has 0 aliphatic rings. The standard InChI is InChI=1S/C24H31ClN2O2/c1-4-5-15-26-24(29)19(3)27(17-20-10-8-9-18(2)16-20)23(28)14-13-21-11-6-7-12-22(21)25/h6-12,16,19H,4-5,13-15,17H2,1-3H3,(H,26,29)/t19-/m0/s1. The highest BCUT2D eigenvalue weighted by atomic mass is 35.5. The first-order valence-corrected chi connectivity index (χ1v) is 10.7. The summed E-state index contributed by atoms with van der Waals surface area (Å²) >= 11 is 6.23. The molecule has 0 bridgehead atoms. The third-order valence-corrected chi connectivity index (χ3v) is 5.37. The Morgan fingerprint density at radius 1 is 1.14 bits per heavy atom. The Morgan fingerprint density at radius 3 is 2.59 bits per heavy atom. The Labute approximate surface area is 179 Å². The summed E-state index contributed by atoms with van der Waals surface area (Å²) in [6, 6.07) is 15.1. The Morgan fingerprint density at radius 2 is 1.90 bits per heavy atom. The molecule has 1 atom stereocenters. The number of unbranched alkanes of at least 4 members (excludes halogenated alkanes) is 1. The van der Waals surface area contributed by atoms with Crippen molar-refractivity contribution >= 4 is 23.4 Å². The van der Waals surface area contributed by atoms with Gasteiger partial charge in [0, 0.05) is 24.5 Å². The summed E-state index contributed by atoms with van der Waals surface area (Å²) in [6.07, 6.45) is 2.80. The van der Waals surface area contributed by atoms with Gasteiger partial charge < -0.3 is 10.2 Å². The normalized spacial score (nSPS) is 11.7. The van der Waals surface area contributed by atoms with Crippen molar-refractivity contribution in [1.29, 1.82) is 0 Å². The van der Waals surface area contributed by atoms with Gasteiger partial charge in [0.1, 0.15) is 6.04 Å². The Bertz CT molecular complexity index is 822. The van der Waals surface area contributed by atoms with Crippen molar-refractivity contribution in [3.8, 4) is 0 Å². The van der Waals surface area contributed by atoms with E-state index < -0.39 is 6.04 Å². The van der Waals surface area contributed by atoms with Gasteiger partial charge in [-0.15, -0.1) is 0 Å². The van der Waals surface area contributed by atoms with Crippen LogP contribution in [0, 0.1) is 6.92 Å². The van der Waals surface area contributed by atoms with Crippen molar-refractivity contribution in [1.82, 2.24) is 10.2 Å². The summed E-state index contributed by atoms with van der Waals surface area (Å²) in [6.45, 7) is 6.94. The zero-order valence-corrected chi connectivity index (χ0v) is 18.3. The average Bonchev–Trinajstić information content (AvgIpc) is 2.71. The third kappa shape index (κ3) is 7.21. The lowest BCUT2D eigenvalue weighted by atomic mass is 10.1. The van der Waals surface area contributed by atoms with Crippen molar-refractivity contribution in [3.63, 3.8) is 0 Å². The van der Waals surface area contributed by atoms with E-state index >= 15 is 0 Å². The van der Waals surface area contributed by atoms with Gasteiger partial charge in [0.25, 0.3) is 0 Å². The SMILES string of the molecule is CCCCNC(=O)[C@H](C)N(Cc1cccc(C)c1)C(=O)CCc1ccccc1Cl. The fraction of sp³-hybridized carbons (Fsp3) is 0.417. The van der Waals surface area contributed by atoms with E-state index in [0.717, 1.165) is 29.5 Å². The van der Waals surface area contributed by atoms with Crippen LogP contribution in [0.3, 0.4) is 0 Å². The lowest BCUT2D eigenvalue weighted by molar-refractivity contribution is -0.140. The maximum absolute atomic E-state index is 13.1. The Balaban J connectivity index is 2.12. The van der Waals surface area contributed by atoms with E-state index in [0.29, 0.717) is 31.0 Å². The maximum atomic E-state index is 13.1. The van der Waals surface area contributed by atoms with E-state index in [1.807, 2.05) is 49.4 Å². The highest BCUT2D eigenvalue weighted by Gasteiger charge is 2.25. The number of hydrogen-bond donors (Lipinski definition) is 1. The molecule has 0 spiro atoms. The van der Waals surface area contributed by atoms with Crippen LogP contribution < -0.4 is 5.32 Å². The molecule has 0 saturated heterocycles. The van der Waals surface area contributed by atoms with Gasteiger partial charge in [0.05, 0.1) is 0 Å². The summed E-state index contributed by atoms with van der Waals surface area (Å²) in [5.74, 6) is -0.165. The molecule has 2 aromatic rings. The molecule has 0 aliphatic carbocycles. The van der Waals surface area contributed by atoms with Gasteiger partial charge in [-0.05, 0) is 43.9 Å². The van der Waals surface area contributed by atoms with Crippen molar-refractivity contribution in [2.24, 2.45) is 0 Å². The van der Waals surface area contributed by atoms with Gasteiger partial charge in [0.2, 0.25) is 11.8 Å². The fourth-order valence-corrected chi connectivity index (χ4v) is 3.44. The molecule has 1 N–H and O–H groups in total. The molecule has 0 radical (unpaired) electrons. The van der Waals surface area contributed by atoms with Crippen molar-refractivity contribution < 1.29 is 9.59 Å². The van der Waals surface area contributed by atoms with Gasteiger partial charge in [0.15, 0.2) is 0 Å². The molecule has 0 saturated carbocycles. The van der Waals surface area contributed by atoms with Crippen molar-refractivity contribution in [2.45, 2.75) is 59.0 Å². The predicted octanol–water partition coefficient (Wildman–Crippen LogP) is 4.91. The fourth-order valence-electron chi connectivity index (χ4n) is 3.21. The summed E-state index contributed by atoms with van der Waals surface area (Å²) in [5, 5.41) is 3.61. The highest BCUT2D eigenvalue weighted by Crippen LogP contribution is 2.18. The largest absolute Gasteiger partial charge is 0.354 e. The molecule has 0 aromatic heterocycles. The van der Waals surface area contributed by atoms with Crippen molar-refractivity contribution in [3.05, 3.63) is 70.2 Å². The molecule has 2 amide bonds. The smallest absolute Gasteiger partial charge is 0.242 e. The van der Waals surface area contributed by atoms with E-state index in [4.69, 9.17) is 11.6 Å². The predicted molar refractivity (Wildman–Crippen MR) is 119 cm³/mol. The minimum atomic E-state index is -0.536. The molecule has 0 aliphatic heterocycles. The van der Waals surface area contributed by atoms with E-state index in [1.54, 1.807) is 11.8 Å². The summed E-state index contributed by atoms with van der Waals surface area (Å²) in [7, 11) is 0. The number of amides is 2. The first kappa shape index (κ1) is 23.0. The van der Waals surface area contributed by atoms with Crippen LogP contribution >= 0.6 is 11.6 Å². The number of halogens is 1. The third-order valence-electron chi connectivity index (χ3n) is 5.00. The molecule has 2 rings (SSSR count). The van der Waals surface area contributed by atoms with Gasteiger partial charge in [-0.1, -0.05) is 73.0 Å². The molecular formula is C24H31ClN2O2. The highest BCUT2D eigenvalue weighted by molar-refractivity contribution is 6.31. The van der Waals surface area contributed by atoms with Crippen LogP contribution in [0.4, 0.5) is 0 Å². The van der Waals surface area contributed by atoms with Crippen LogP contribution in [0.15, 0.2) is 48.5 Å². The van der Waals surface area contributed by atoms with Crippen LogP contribution in [-0.2, 0) is 22.6 Å². The number of carbonyl (C=O) groups excluding carboxylic acids is 2. The quantitative estimate of drug-likeness (QED) is 0.561. The van der Waals surface area contributed by atoms with E-state index in [-0.39, 0.29) is 11.8 Å². The van der Waals surface area contributed by atoms with Crippen molar-refractivity contribution in [2.75, 3.05) is 6.54 Å². The Hall–Kier alpha value is -2.33. The molecule has 0 unspecified atom stereocenters. The zero-order valence-electron chi connectivity index (χ0n) is 17.6. The van der Waals surface area contributed by atoms with Gasteiger partial charge in [-0.2, -0.15) is 0 Å². The zero-order chi connectivity index (χ0) is 21.2. The summed E-state index contributed by atoms with van der Waals surface area (Å²) in [5.41, 5.74) is 3.09. The molecular weight excluding hydrogens is 384 g/mol. The van der Waals surface area contributed by atoms with Crippen LogP contribution in [0.25, 0.3) is 0 Å². The second-order valence-electron chi connectivity index (χ2n) is 7.42. The number of aryl methyl sites for hydroxylation is 2. The lowest BCUT2D eigenvalue weighted by Crippen LogP contribution is -2.47. The number of carbonyl (C=O) groups is 2. The Kier molecular flexibility index (Phi) is 9.20. The van der Waals surface area contributed by atoms with Gasteiger partial charge >= 0.3 is 0 Å². The molecule has 0 heterocycles. The topological polar surface area (TPSA) is 49.4 Å². The first-order chi connectivity index (χ1) is 13.9. The number of benzene rings is 2. The number of hydrogen-bond acceptors (Lipinski definition) is 2. The summed E-state index contributed by atoms with van der Waals surface area (Å²) < 4.78 is 0. The van der Waals surface area contributed by atoms with E-state index in [1.165, 1.54) is 0 Å². The van der Waals surface area contributed by atoms with Crippen LogP contribution in [-0.4, -0.2) is 29.3 Å². The molecule has 156 valence electrons. The molecule has 29 heavy (non-hydrogen) atoms. The second kappa shape index (κ2) is 11.6. The molecule has 4 nitrogen and oxygen atoms in total. The minimum Gasteiger partial charge on any atom is -0.354 e. The van der Waals surface area contributed by atoms with Gasteiger partial charge in [-0.25, -0.2) is 0 Å². The maximum Gasteiger partial charge on any atom is 0.242 e. The molecule has 5 heteroatoms. The van der Waals surface area contributed by atoms with Gasteiger partial charge in [-0.3, -0.25) is 9.59 Å². The van der Waals surface area contributed by atoms with E-state index in [2.05, 4.69) is 18.3 Å². The number of nitrogens with zero attached hydrogens (tertiary/aromatic N) is 1. The van der Waals surface area contributed by atoms with E-state index in [9.17, 15) is 9.59 Å². The first-order valence-electron chi connectivity index (χ1n) is 10.3. The second-order valence-corrected chi connectivity index (χ2v) is 7.83. The molecule has 2 aromatic carbocycles. The van der Waals surface area contributed by atoms with Crippen LogP contribution in [0.5, 0.6) is 0 Å². The molecule has 0 fully saturated rings. The average molecular weight is 415 g/mol. The van der Waals surface area contributed by atoms with Crippen LogP contribution in [0.1, 0.15) is 49.8 Å². The number of nitrogens with one attached hydrogen (secondary N) is 1.